The lowest BCUT2D eigenvalue weighted by molar-refractivity contribution is -0.138. The maximum atomic E-state index is 12.7. The quantitative estimate of drug-likeness (QED) is 0.757. The molecule has 106 valence electrons. The molecule has 0 aromatic carbocycles. The van der Waals surface area contributed by atoms with E-state index in [2.05, 4.69) is 31.0 Å². The highest BCUT2D eigenvalue weighted by molar-refractivity contribution is 5.79. The van der Waals surface area contributed by atoms with E-state index in [-0.39, 0.29) is 5.92 Å². The Morgan fingerprint density at radius 2 is 1.72 bits per heavy atom. The van der Waals surface area contributed by atoms with Gasteiger partial charge in [-0.2, -0.15) is 0 Å². The van der Waals surface area contributed by atoms with Crippen molar-refractivity contribution in [3.63, 3.8) is 0 Å². The molecule has 0 spiro atoms. The Labute approximate surface area is 112 Å². The SMILES string of the molecule is CCCC(CCC)C(=O)N(CC)C1CCNCC1. The van der Waals surface area contributed by atoms with E-state index in [1.807, 2.05) is 0 Å². The molecule has 0 aliphatic carbocycles. The fraction of sp³-hybridized carbons (Fsp3) is 0.933. The summed E-state index contributed by atoms with van der Waals surface area (Å²) in [5.41, 5.74) is 0. The van der Waals surface area contributed by atoms with Gasteiger partial charge in [0, 0.05) is 18.5 Å². The summed E-state index contributed by atoms with van der Waals surface area (Å²) >= 11 is 0. The minimum Gasteiger partial charge on any atom is -0.340 e. The maximum Gasteiger partial charge on any atom is 0.225 e. The summed E-state index contributed by atoms with van der Waals surface area (Å²) in [4.78, 5) is 14.8. The number of hydrogen-bond donors (Lipinski definition) is 1. The number of nitrogens with one attached hydrogen (secondary N) is 1. The number of nitrogens with zero attached hydrogens (tertiary/aromatic N) is 1. The van der Waals surface area contributed by atoms with Crippen molar-refractivity contribution in [1.82, 2.24) is 10.2 Å². The first-order chi connectivity index (χ1) is 8.74. The number of rotatable bonds is 7. The molecule has 0 aromatic heterocycles. The van der Waals surface area contributed by atoms with Crippen molar-refractivity contribution in [3.8, 4) is 0 Å². The molecular weight excluding hydrogens is 224 g/mol. The van der Waals surface area contributed by atoms with E-state index in [0.29, 0.717) is 11.9 Å². The zero-order valence-corrected chi connectivity index (χ0v) is 12.4. The van der Waals surface area contributed by atoms with Crippen LogP contribution in [-0.4, -0.2) is 36.5 Å². The Bertz CT molecular complexity index is 231. The average Bonchev–Trinajstić information content (AvgIpc) is 2.40. The van der Waals surface area contributed by atoms with Crippen molar-refractivity contribution in [1.29, 1.82) is 0 Å². The van der Waals surface area contributed by atoms with Gasteiger partial charge in [0.05, 0.1) is 0 Å². The van der Waals surface area contributed by atoms with E-state index in [0.717, 1.165) is 58.2 Å². The van der Waals surface area contributed by atoms with Crippen LogP contribution in [0.2, 0.25) is 0 Å². The zero-order valence-electron chi connectivity index (χ0n) is 12.4. The molecule has 1 heterocycles. The Balaban J connectivity index is 2.62. The van der Waals surface area contributed by atoms with Crippen LogP contribution >= 0.6 is 0 Å². The molecule has 1 aliphatic heterocycles. The van der Waals surface area contributed by atoms with Gasteiger partial charge in [-0.3, -0.25) is 4.79 Å². The van der Waals surface area contributed by atoms with Crippen LogP contribution in [0.15, 0.2) is 0 Å². The molecule has 0 atom stereocenters. The van der Waals surface area contributed by atoms with Gasteiger partial charge in [-0.25, -0.2) is 0 Å². The van der Waals surface area contributed by atoms with E-state index >= 15 is 0 Å². The summed E-state index contributed by atoms with van der Waals surface area (Å²) in [7, 11) is 0. The molecule has 1 rings (SSSR count). The predicted molar refractivity (Wildman–Crippen MR) is 76.6 cm³/mol. The molecule has 0 saturated carbocycles. The molecule has 0 unspecified atom stereocenters. The summed E-state index contributed by atoms with van der Waals surface area (Å²) in [6, 6.07) is 0.472. The van der Waals surface area contributed by atoms with Crippen LogP contribution in [-0.2, 0) is 4.79 Å². The number of hydrogen-bond acceptors (Lipinski definition) is 2. The fourth-order valence-electron chi connectivity index (χ4n) is 3.04. The topological polar surface area (TPSA) is 32.3 Å². The Morgan fingerprint density at radius 3 is 2.17 bits per heavy atom. The van der Waals surface area contributed by atoms with E-state index < -0.39 is 0 Å². The predicted octanol–water partition coefficient (Wildman–Crippen LogP) is 2.80. The summed E-state index contributed by atoms with van der Waals surface area (Å²) in [6.45, 7) is 9.46. The molecule has 0 aromatic rings. The van der Waals surface area contributed by atoms with Crippen molar-refractivity contribution in [2.75, 3.05) is 19.6 Å². The van der Waals surface area contributed by atoms with E-state index in [1.165, 1.54) is 0 Å². The average molecular weight is 254 g/mol. The minimum atomic E-state index is 0.259. The van der Waals surface area contributed by atoms with Crippen molar-refractivity contribution in [3.05, 3.63) is 0 Å². The van der Waals surface area contributed by atoms with Crippen molar-refractivity contribution >= 4 is 5.91 Å². The highest BCUT2D eigenvalue weighted by atomic mass is 16.2. The summed E-state index contributed by atoms with van der Waals surface area (Å²) in [5.74, 6) is 0.669. The lowest BCUT2D eigenvalue weighted by atomic mass is 9.94. The smallest absolute Gasteiger partial charge is 0.225 e. The number of piperidine rings is 1. The van der Waals surface area contributed by atoms with Crippen molar-refractivity contribution < 1.29 is 4.79 Å². The van der Waals surface area contributed by atoms with Crippen molar-refractivity contribution in [2.45, 2.75) is 65.3 Å². The maximum absolute atomic E-state index is 12.7. The van der Waals surface area contributed by atoms with Crippen LogP contribution in [0.4, 0.5) is 0 Å². The largest absolute Gasteiger partial charge is 0.340 e. The zero-order chi connectivity index (χ0) is 13.4. The van der Waals surface area contributed by atoms with E-state index in [4.69, 9.17) is 0 Å². The number of amides is 1. The molecule has 1 N–H and O–H groups in total. The van der Waals surface area contributed by atoms with Crippen LogP contribution in [0.1, 0.15) is 59.3 Å². The first kappa shape index (κ1) is 15.5. The first-order valence-corrected chi connectivity index (χ1v) is 7.75. The van der Waals surface area contributed by atoms with E-state index in [9.17, 15) is 4.79 Å². The molecule has 1 aliphatic rings. The van der Waals surface area contributed by atoms with Gasteiger partial charge in [-0.15, -0.1) is 0 Å². The van der Waals surface area contributed by atoms with Crippen LogP contribution < -0.4 is 5.32 Å². The molecule has 0 radical (unpaired) electrons. The number of carbonyl (C=O) groups excluding carboxylic acids is 1. The highest BCUT2D eigenvalue weighted by Gasteiger charge is 2.28. The molecule has 1 saturated heterocycles. The third-order valence-corrected chi connectivity index (χ3v) is 4.00. The van der Waals surface area contributed by atoms with Gasteiger partial charge in [-0.05, 0) is 45.7 Å². The van der Waals surface area contributed by atoms with Gasteiger partial charge in [0.2, 0.25) is 5.91 Å². The highest BCUT2D eigenvalue weighted by Crippen LogP contribution is 2.21. The molecule has 3 nitrogen and oxygen atoms in total. The Morgan fingerprint density at radius 1 is 1.17 bits per heavy atom. The van der Waals surface area contributed by atoms with Gasteiger partial charge in [0.25, 0.3) is 0 Å². The van der Waals surface area contributed by atoms with Crippen LogP contribution in [0.3, 0.4) is 0 Å². The van der Waals surface area contributed by atoms with Crippen LogP contribution in [0.5, 0.6) is 0 Å². The summed E-state index contributed by atoms with van der Waals surface area (Å²) in [6.07, 6.45) is 6.55. The van der Waals surface area contributed by atoms with Crippen molar-refractivity contribution in [2.24, 2.45) is 5.92 Å². The molecule has 1 amide bonds. The second-order valence-corrected chi connectivity index (χ2v) is 5.38. The third kappa shape index (κ3) is 4.27. The molecule has 3 heteroatoms. The molecule has 1 fully saturated rings. The van der Waals surface area contributed by atoms with Gasteiger partial charge >= 0.3 is 0 Å². The first-order valence-electron chi connectivity index (χ1n) is 7.75. The van der Waals surface area contributed by atoms with Gasteiger partial charge in [0.1, 0.15) is 0 Å². The normalized spacial score (nSPS) is 17.1. The van der Waals surface area contributed by atoms with Gasteiger partial charge in [0.15, 0.2) is 0 Å². The van der Waals surface area contributed by atoms with Crippen LogP contribution in [0.25, 0.3) is 0 Å². The molecule has 0 bridgehead atoms. The van der Waals surface area contributed by atoms with Crippen LogP contribution in [0, 0.1) is 5.92 Å². The standard InChI is InChI=1S/C15H30N2O/c1-4-7-13(8-5-2)15(18)17(6-3)14-9-11-16-12-10-14/h13-14,16H,4-12H2,1-3H3. The lowest BCUT2D eigenvalue weighted by Gasteiger charge is -2.36. The molecule has 18 heavy (non-hydrogen) atoms. The summed E-state index contributed by atoms with van der Waals surface area (Å²) in [5, 5.41) is 3.37. The molecular formula is C15H30N2O. The second kappa shape index (κ2) is 8.52. The third-order valence-electron chi connectivity index (χ3n) is 4.00. The fourth-order valence-corrected chi connectivity index (χ4v) is 3.04. The van der Waals surface area contributed by atoms with Gasteiger partial charge < -0.3 is 10.2 Å². The number of carbonyl (C=O) groups is 1. The second-order valence-electron chi connectivity index (χ2n) is 5.38. The lowest BCUT2D eigenvalue weighted by Crippen LogP contribution is -2.48. The summed E-state index contributed by atoms with van der Waals surface area (Å²) < 4.78 is 0. The van der Waals surface area contributed by atoms with E-state index in [1.54, 1.807) is 0 Å². The minimum absolute atomic E-state index is 0.259. The van der Waals surface area contributed by atoms with Gasteiger partial charge in [-0.1, -0.05) is 26.7 Å². The monoisotopic (exact) mass is 254 g/mol. The Hall–Kier alpha value is -0.570. The Kier molecular flexibility index (Phi) is 7.33.